The first-order valence-electron chi connectivity index (χ1n) is 11.4. The quantitative estimate of drug-likeness (QED) is 0.315. The Balaban J connectivity index is 1.49. The fourth-order valence-corrected chi connectivity index (χ4v) is 4.54. The Morgan fingerprint density at radius 1 is 1.03 bits per heavy atom. The van der Waals surface area contributed by atoms with Gasteiger partial charge >= 0.3 is 0 Å². The molecular formula is C26H27FN6OS. The van der Waals surface area contributed by atoms with Crippen molar-refractivity contribution in [2.45, 2.75) is 32.0 Å². The number of thioether (sulfide) groups is 1. The summed E-state index contributed by atoms with van der Waals surface area (Å²) in [5.41, 5.74) is 3.37. The lowest BCUT2D eigenvalue weighted by Crippen LogP contribution is -2.30. The topological polar surface area (TPSA) is 75.9 Å². The Hall–Kier alpha value is -3.72. The second-order valence-corrected chi connectivity index (χ2v) is 9.06. The van der Waals surface area contributed by atoms with Gasteiger partial charge in [-0.25, -0.2) is 4.39 Å². The fraction of sp³-hybridized carbons (Fsp3) is 0.231. The number of carbonyl (C=O) groups is 1. The highest BCUT2D eigenvalue weighted by atomic mass is 32.2. The van der Waals surface area contributed by atoms with E-state index in [0.717, 1.165) is 23.5 Å². The van der Waals surface area contributed by atoms with Crippen LogP contribution in [-0.2, 0) is 4.79 Å². The van der Waals surface area contributed by atoms with E-state index in [9.17, 15) is 9.18 Å². The summed E-state index contributed by atoms with van der Waals surface area (Å²) >= 11 is 1.26. The number of amides is 1. The van der Waals surface area contributed by atoms with Gasteiger partial charge in [0, 0.05) is 47.6 Å². The van der Waals surface area contributed by atoms with Crippen molar-refractivity contribution in [1.82, 2.24) is 19.7 Å². The van der Waals surface area contributed by atoms with Gasteiger partial charge < -0.3 is 10.2 Å². The van der Waals surface area contributed by atoms with Gasteiger partial charge in [-0.1, -0.05) is 11.8 Å². The van der Waals surface area contributed by atoms with E-state index < -0.39 is 0 Å². The van der Waals surface area contributed by atoms with Crippen molar-refractivity contribution in [3.63, 3.8) is 0 Å². The lowest BCUT2D eigenvalue weighted by molar-refractivity contribution is -0.113. The Bertz CT molecular complexity index is 1260. The number of benzene rings is 2. The van der Waals surface area contributed by atoms with Crippen molar-refractivity contribution in [1.29, 1.82) is 0 Å². The van der Waals surface area contributed by atoms with Crippen molar-refractivity contribution in [3.8, 4) is 17.1 Å². The van der Waals surface area contributed by atoms with E-state index in [-0.39, 0.29) is 17.5 Å². The number of rotatable bonds is 9. The van der Waals surface area contributed by atoms with Crippen molar-refractivity contribution in [2.24, 2.45) is 0 Å². The molecule has 180 valence electrons. The molecule has 0 bridgehead atoms. The molecule has 1 amide bonds. The minimum atomic E-state index is -0.331. The molecule has 0 atom stereocenters. The number of hydrogen-bond donors (Lipinski definition) is 1. The molecule has 0 spiro atoms. The van der Waals surface area contributed by atoms with Gasteiger partial charge in [0.2, 0.25) is 5.91 Å². The van der Waals surface area contributed by atoms with Crippen LogP contribution < -0.4 is 10.2 Å². The smallest absolute Gasteiger partial charge is 0.234 e. The molecule has 2 heterocycles. The summed E-state index contributed by atoms with van der Waals surface area (Å²) in [6.07, 6.45) is 3.34. The molecule has 0 aliphatic rings. The Morgan fingerprint density at radius 2 is 1.71 bits per heavy atom. The van der Waals surface area contributed by atoms with E-state index in [1.165, 1.54) is 23.9 Å². The number of nitrogens with one attached hydrogen (secondary N) is 1. The highest BCUT2D eigenvalue weighted by molar-refractivity contribution is 7.99. The summed E-state index contributed by atoms with van der Waals surface area (Å²) in [6, 6.07) is 18.0. The molecule has 0 fully saturated rings. The minimum Gasteiger partial charge on any atom is -0.369 e. The summed E-state index contributed by atoms with van der Waals surface area (Å²) in [6.45, 7) is 7.34. The average Bonchev–Trinajstić information content (AvgIpc) is 3.29. The van der Waals surface area contributed by atoms with Crippen LogP contribution >= 0.6 is 11.8 Å². The van der Waals surface area contributed by atoms with Crippen LogP contribution in [0.4, 0.5) is 15.8 Å². The zero-order valence-corrected chi connectivity index (χ0v) is 20.7. The summed E-state index contributed by atoms with van der Waals surface area (Å²) in [5.74, 6) is 0.244. The van der Waals surface area contributed by atoms with Crippen LogP contribution in [0.2, 0.25) is 0 Å². The highest BCUT2D eigenvalue weighted by Gasteiger charge is 2.18. The van der Waals surface area contributed by atoms with E-state index in [0.29, 0.717) is 22.7 Å². The van der Waals surface area contributed by atoms with Gasteiger partial charge in [-0.15, -0.1) is 10.2 Å². The van der Waals surface area contributed by atoms with Crippen LogP contribution in [0, 0.1) is 5.82 Å². The van der Waals surface area contributed by atoms with Crippen LogP contribution in [0.15, 0.2) is 78.2 Å². The maximum atomic E-state index is 13.5. The lowest BCUT2D eigenvalue weighted by Gasteiger charge is -2.27. The third-order valence-electron chi connectivity index (χ3n) is 5.44. The third-order valence-corrected chi connectivity index (χ3v) is 6.36. The second-order valence-electron chi connectivity index (χ2n) is 8.12. The van der Waals surface area contributed by atoms with Crippen LogP contribution in [0.3, 0.4) is 0 Å². The molecule has 9 heteroatoms. The van der Waals surface area contributed by atoms with E-state index in [4.69, 9.17) is 0 Å². The molecule has 35 heavy (non-hydrogen) atoms. The Labute approximate surface area is 208 Å². The van der Waals surface area contributed by atoms with Crippen LogP contribution in [0.25, 0.3) is 17.1 Å². The zero-order valence-electron chi connectivity index (χ0n) is 19.9. The molecule has 0 unspecified atom stereocenters. The van der Waals surface area contributed by atoms with Crippen LogP contribution in [-0.4, -0.2) is 44.0 Å². The molecular weight excluding hydrogens is 463 g/mol. The van der Waals surface area contributed by atoms with Crippen molar-refractivity contribution in [2.75, 3.05) is 22.5 Å². The van der Waals surface area contributed by atoms with Crippen LogP contribution in [0.1, 0.15) is 20.8 Å². The summed E-state index contributed by atoms with van der Waals surface area (Å²) in [4.78, 5) is 19.0. The number of pyridine rings is 1. The minimum absolute atomic E-state index is 0.143. The number of carbonyl (C=O) groups excluding carboxylic acids is 1. The van der Waals surface area contributed by atoms with Gasteiger partial charge in [-0.3, -0.25) is 14.3 Å². The lowest BCUT2D eigenvalue weighted by atomic mass is 10.2. The molecule has 1 N–H and O–H groups in total. The SMILES string of the molecule is CCN(c1ccc(NC(=O)CSc2nnc(-c3ccncc3)n2-c2ccc(F)cc2)cc1)C(C)C. The summed E-state index contributed by atoms with van der Waals surface area (Å²) in [5, 5.41) is 12.1. The highest BCUT2D eigenvalue weighted by Crippen LogP contribution is 2.28. The van der Waals surface area contributed by atoms with Gasteiger partial charge in [0.05, 0.1) is 5.75 Å². The maximum absolute atomic E-state index is 13.5. The Morgan fingerprint density at radius 3 is 2.34 bits per heavy atom. The predicted octanol–water partition coefficient (Wildman–Crippen LogP) is 5.43. The number of anilines is 2. The van der Waals surface area contributed by atoms with E-state index in [2.05, 4.69) is 46.2 Å². The van der Waals surface area contributed by atoms with Gasteiger partial charge in [-0.2, -0.15) is 0 Å². The predicted molar refractivity (Wildman–Crippen MR) is 138 cm³/mol. The first-order chi connectivity index (χ1) is 17.0. The molecule has 0 aliphatic heterocycles. The molecule has 0 aliphatic carbocycles. The van der Waals surface area contributed by atoms with Crippen molar-refractivity contribution in [3.05, 3.63) is 78.9 Å². The average molecular weight is 491 g/mol. The largest absolute Gasteiger partial charge is 0.369 e. The first kappa shape index (κ1) is 24.4. The van der Waals surface area contributed by atoms with Crippen molar-refractivity contribution < 1.29 is 9.18 Å². The van der Waals surface area contributed by atoms with Gasteiger partial charge in [-0.05, 0) is 81.4 Å². The number of aromatic nitrogens is 4. The van der Waals surface area contributed by atoms with Crippen LogP contribution in [0.5, 0.6) is 0 Å². The van der Waals surface area contributed by atoms with Gasteiger partial charge in [0.15, 0.2) is 11.0 Å². The first-order valence-corrected chi connectivity index (χ1v) is 12.4. The molecule has 0 saturated heterocycles. The van der Waals surface area contributed by atoms with E-state index in [1.807, 2.05) is 41.0 Å². The van der Waals surface area contributed by atoms with E-state index in [1.54, 1.807) is 24.5 Å². The zero-order chi connectivity index (χ0) is 24.8. The molecule has 7 nitrogen and oxygen atoms in total. The number of hydrogen-bond acceptors (Lipinski definition) is 6. The Kier molecular flexibility index (Phi) is 7.77. The summed E-state index contributed by atoms with van der Waals surface area (Å²) < 4.78 is 15.3. The normalized spacial score (nSPS) is 11.0. The van der Waals surface area contributed by atoms with Gasteiger partial charge in [0.25, 0.3) is 0 Å². The van der Waals surface area contributed by atoms with Crippen molar-refractivity contribution >= 4 is 29.0 Å². The standard InChI is InChI=1S/C26H27FN6OS/c1-4-32(18(2)3)22-11-7-21(8-12-22)29-24(34)17-35-26-31-30-25(19-13-15-28-16-14-19)33(26)23-9-5-20(27)6-10-23/h5-16,18H,4,17H2,1-3H3,(H,29,34). The number of nitrogens with zero attached hydrogens (tertiary/aromatic N) is 5. The number of halogens is 1. The molecule has 0 saturated carbocycles. The van der Waals surface area contributed by atoms with E-state index >= 15 is 0 Å². The summed E-state index contributed by atoms with van der Waals surface area (Å²) in [7, 11) is 0. The monoisotopic (exact) mass is 490 g/mol. The fourth-order valence-electron chi connectivity index (χ4n) is 3.78. The molecule has 4 aromatic rings. The third kappa shape index (κ3) is 5.86. The molecule has 2 aromatic carbocycles. The second kappa shape index (κ2) is 11.1. The molecule has 0 radical (unpaired) electrons. The maximum Gasteiger partial charge on any atom is 0.234 e. The molecule has 4 rings (SSSR count). The molecule has 2 aromatic heterocycles. The van der Waals surface area contributed by atoms with Gasteiger partial charge in [0.1, 0.15) is 5.82 Å².